The molecule has 2 atom stereocenters. The average Bonchev–Trinajstić information content (AvgIpc) is 3.45. The number of β-lactam (4-membered cyclic amide) rings is 1. The summed E-state index contributed by atoms with van der Waals surface area (Å²) in [6, 6.07) is -1.21. The van der Waals surface area contributed by atoms with E-state index in [1.54, 1.807) is 0 Å². The molecule has 2 aromatic heterocycles. The number of carbonyl (C=O) groups is 4. The Morgan fingerprint density at radius 3 is 2.68 bits per heavy atom. The number of hydrogen-bond donors (Lipinski definition) is 5. The number of thiazole rings is 1. The van der Waals surface area contributed by atoms with Crippen LogP contribution in [0.5, 0.6) is 0 Å². The third-order valence-corrected chi connectivity index (χ3v) is 9.25. The van der Waals surface area contributed by atoms with E-state index in [-0.39, 0.29) is 32.2 Å². The zero-order valence-corrected chi connectivity index (χ0v) is 21.6. The van der Waals surface area contributed by atoms with Crippen LogP contribution in [-0.2, 0) is 19.2 Å². The van der Waals surface area contributed by atoms with Crippen LogP contribution in [-0.4, -0.2) is 83.5 Å². The minimum Gasteiger partial charge on any atom is -0.477 e. The van der Waals surface area contributed by atoms with Crippen LogP contribution >= 0.6 is 46.4 Å². The molecule has 202 valence electrons. The molecule has 0 spiro atoms. The number of alkyl halides is 2. The largest absolute Gasteiger partial charge is 0.477 e. The molecular weight excluding hydrogens is 594 g/mol. The van der Waals surface area contributed by atoms with Crippen LogP contribution < -0.4 is 16.6 Å². The van der Waals surface area contributed by atoms with Crippen molar-refractivity contribution in [3.05, 3.63) is 38.3 Å². The van der Waals surface area contributed by atoms with E-state index in [2.05, 4.69) is 24.7 Å². The van der Waals surface area contributed by atoms with E-state index < -0.39 is 58.6 Å². The Morgan fingerprint density at radius 1 is 1.34 bits per heavy atom. The van der Waals surface area contributed by atoms with E-state index in [0.29, 0.717) is 5.57 Å². The molecule has 6 N–H and O–H groups in total. The van der Waals surface area contributed by atoms with Gasteiger partial charge in [-0.1, -0.05) is 16.7 Å². The van der Waals surface area contributed by atoms with Gasteiger partial charge in [0.2, 0.25) is 0 Å². The molecule has 0 aliphatic carbocycles. The van der Waals surface area contributed by atoms with Gasteiger partial charge in [-0.25, -0.2) is 14.6 Å². The van der Waals surface area contributed by atoms with Crippen molar-refractivity contribution in [1.82, 2.24) is 19.6 Å². The summed E-state index contributed by atoms with van der Waals surface area (Å²) >= 11 is 3.76. The van der Waals surface area contributed by atoms with E-state index in [0.717, 1.165) is 51.3 Å². The molecule has 1 unspecified atom stereocenters. The minimum absolute atomic E-state index is 0.0234. The molecular formula is C18H14F2N6O8S4. The number of anilines is 1. The maximum Gasteiger partial charge on any atom is 0.407 e. The summed E-state index contributed by atoms with van der Waals surface area (Å²) in [5.74, 6) is -4.62. The highest BCUT2D eigenvalue weighted by molar-refractivity contribution is 8.02. The van der Waals surface area contributed by atoms with Gasteiger partial charge in [0.1, 0.15) is 22.8 Å². The number of halogens is 2. The second kappa shape index (κ2) is 11.1. The molecule has 4 heterocycles. The molecule has 14 nitrogen and oxygen atoms in total. The van der Waals surface area contributed by atoms with Crippen molar-refractivity contribution in [2.45, 2.75) is 22.2 Å². The molecule has 1 fully saturated rings. The van der Waals surface area contributed by atoms with Crippen LogP contribution in [0.4, 0.5) is 13.9 Å². The molecule has 4 rings (SSSR count). The first-order chi connectivity index (χ1) is 18.0. The minimum atomic E-state index is -3.33. The van der Waals surface area contributed by atoms with Gasteiger partial charge in [0, 0.05) is 16.9 Å². The van der Waals surface area contributed by atoms with Crippen molar-refractivity contribution in [3.63, 3.8) is 0 Å². The Balaban J connectivity index is 1.51. The fourth-order valence-electron chi connectivity index (χ4n) is 3.42. The number of thioether (sulfide) groups is 2. The Hall–Kier alpha value is -3.49. The van der Waals surface area contributed by atoms with Gasteiger partial charge >= 0.3 is 18.6 Å². The van der Waals surface area contributed by atoms with Gasteiger partial charge < -0.3 is 26.1 Å². The van der Waals surface area contributed by atoms with Gasteiger partial charge in [-0.3, -0.25) is 23.7 Å². The van der Waals surface area contributed by atoms with Crippen molar-refractivity contribution in [1.29, 1.82) is 0 Å². The van der Waals surface area contributed by atoms with Crippen LogP contribution in [0.25, 0.3) is 0 Å². The summed E-state index contributed by atoms with van der Waals surface area (Å²) in [4.78, 5) is 69.4. The molecule has 0 saturated carbocycles. The number of fused-ring (bicyclic) bond motifs is 1. The van der Waals surface area contributed by atoms with E-state index >= 15 is 0 Å². The van der Waals surface area contributed by atoms with Crippen molar-refractivity contribution in [2.75, 3.05) is 17.2 Å². The van der Waals surface area contributed by atoms with Gasteiger partial charge in [0.25, 0.3) is 17.4 Å². The number of carboxylic acids is 2. The van der Waals surface area contributed by atoms with Crippen molar-refractivity contribution < 1.29 is 43.0 Å². The van der Waals surface area contributed by atoms with Crippen LogP contribution in [0.2, 0.25) is 0 Å². The number of aromatic amines is 1. The highest BCUT2D eigenvalue weighted by Gasteiger charge is 2.54. The SMILES string of the molecule is Nc1nc(/C(=N\OC(F)F)C(=O)NC2C(=O)N3C(C(=O)O)=C(CSc4s[nH]c(=O)c4C(=O)O)CS[C@H]23)cs1. The molecule has 2 aliphatic rings. The third kappa shape index (κ3) is 5.37. The Kier molecular flexibility index (Phi) is 8.04. The standard InChI is InChI=1S/C18H14F2N6O8S4/c19-17(20)34-24-7(5-3-37-18(21)22-5)11(28)23-8-12(29)26-9(15(32)33)4(1-35-13(8)26)2-36-16-6(14(30)31)10(27)25-38-16/h3,8,13,17H,1-2H2,(H2,21,22)(H,23,28)(H,25,27)(H,30,31)(H,32,33)/b24-7+/t8?,13-/m1/s1. The molecule has 0 bridgehead atoms. The highest BCUT2D eigenvalue weighted by Crippen LogP contribution is 2.42. The Bertz CT molecular complexity index is 1440. The van der Waals surface area contributed by atoms with Crippen molar-refractivity contribution in [3.8, 4) is 0 Å². The second-order valence-electron chi connectivity index (χ2n) is 7.28. The number of hydrogen-bond acceptors (Lipinski definition) is 13. The van der Waals surface area contributed by atoms with Crippen LogP contribution in [0.15, 0.2) is 30.8 Å². The number of aliphatic carboxylic acids is 1. The summed E-state index contributed by atoms with van der Waals surface area (Å²) < 4.78 is 27.5. The number of nitrogen functional groups attached to an aromatic ring is 1. The predicted molar refractivity (Wildman–Crippen MR) is 132 cm³/mol. The number of carbonyl (C=O) groups excluding carboxylic acids is 2. The van der Waals surface area contributed by atoms with Gasteiger partial charge in [-0.05, 0) is 5.57 Å². The number of carboxylic acid groups (broad SMARTS) is 2. The number of amides is 2. The normalized spacial score (nSPS) is 19.3. The molecule has 2 aliphatic heterocycles. The van der Waals surface area contributed by atoms with Crippen molar-refractivity contribution in [2.24, 2.45) is 5.16 Å². The third-order valence-electron chi connectivity index (χ3n) is 5.00. The smallest absolute Gasteiger partial charge is 0.407 e. The Labute approximate surface area is 226 Å². The first-order valence-corrected chi connectivity index (χ1v) is 13.7. The summed E-state index contributed by atoms with van der Waals surface area (Å²) in [6.45, 7) is -3.33. The lowest BCUT2D eigenvalue weighted by atomic mass is 10.0. The number of nitrogens with one attached hydrogen (secondary N) is 2. The number of aromatic carboxylic acids is 1. The lowest BCUT2D eigenvalue weighted by molar-refractivity contribution is -0.150. The second-order valence-corrected chi connectivity index (χ2v) is 11.3. The van der Waals surface area contributed by atoms with E-state index in [9.17, 15) is 43.0 Å². The Morgan fingerprint density at radius 2 is 2.08 bits per heavy atom. The molecule has 38 heavy (non-hydrogen) atoms. The zero-order valence-electron chi connectivity index (χ0n) is 18.4. The van der Waals surface area contributed by atoms with E-state index in [1.165, 1.54) is 5.38 Å². The number of H-pyrrole nitrogens is 1. The van der Waals surface area contributed by atoms with Crippen LogP contribution in [0, 0.1) is 0 Å². The molecule has 2 aromatic rings. The number of oxime groups is 1. The summed E-state index contributed by atoms with van der Waals surface area (Å²) in [5.41, 5.74) is 3.42. The fourth-order valence-corrected chi connectivity index (χ4v) is 7.42. The fraction of sp³-hybridized carbons (Fsp3) is 0.278. The topological polar surface area (TPSA) is 217 Å². The van der Waals surface area contributed by atoms with Crippen LogP contribution in [0.1, 0.15) is 16.1 Å². The monoisotopic (exact) mass is 608 g/mol. The van der Waals surface area contributed by atoms with Gasteiger partial charge in [-0.2, -0.15) is 8.78 Å². The number of nitrogens with two attached hydrogens (primary N) is 1. The van der Waals surface area contributed by atoms with Gasteiger partial charge in [-0.15, -0.1) is 34.9 Å². The lowest BCUT2D eigenvalue weighted by Gasteiger charge is -2.49. The summed E-state index contributed by atoms with van der Waals surface area (Å²) in [6.07, 6.45) is 0. The quantitative estimate of drug-likeness (QED) is 0.109. The first-order valence-electron chi connectivity index (χ1n) is 10.0. The summed E-state index contributed by atoms with van der Waals surface area (Å²) in [7, 11) is 0. The number of nitrogens with zero attached hydrogens (tertiary/aromatic N) is 3. The van der Waals surface area contributed by atoms with Crippen LogP contribution in [0.3, 0.4) is 0 Å². The maximum absolute atomic E-state index is 12.9. The first kappa shape index (κ1) is 27.5. The van der Waals surface area contributed by atoms with E-state index in [4.69, 9.17) is 5.73 Å². The average molecular weight is 609 g/mol. The molecule has 20 heteroatoms. The maximum atomic E-state index is 12.9. The van der Waals surface area contributed by atoms with Gasteiger partial charge in [0.15, 0.2) is 16.4 Å². The highest BCUT2D eigenvalue weighted by atomic mass is 32.2. The number of rotatable bonds is 10. The lowest BCUT2D eigenvalue weighted by Crippen LogP contribution is -2.71. The number of aromatic nitrogens is 2. The van der Waals surface area contributed by atoms with E-state index in [1.807, 2.05) is 0 Å². The molecule has 2 amide bonds. The molecule has 0 aromatic carbocycles. The molecule has 1 saturated heterocycles. The predicted octanol–water partition coefficient (Wildman–Crippen LogP) is 0.647. The summed E-state index contributed by atoms with van der Waals surface area (Å²) in [5, 5.41) is 24.9. The van der Waals surface area contributed by atoms with Gasteiger partial charge in [0.05, 0.1) is 4.21 Å². The zero-order chi connectivity index (χ0) is 27.7. The van der Waals surface area contributed by atoms with Crippen molar-refractivity contribution >= 4 is 81.0 Å². The molecule has 0 radical (unpaired) electrons.